The van der Waals surface area contributed by atoms with E-state index in [1.54, 1.807) is 36.8 Å². The molecular formula is C30H24FN7S. The van der Waals surface area contributed by atoms with E-state index < -0.39 is 0 Å². The second-order valence-corrected chi connectivity index (χ2v) is 10.3. The number of halogens is 1. The quantitative estimate of drug-likeness (QED) is 0.201. The van der Waals surface area contributed by atoms with Gasteiger partial charge in [-0.3, -0.25) is 15.1 Å². The van der Waals surface area contributed by atoms with E-state index in [1.165, 1.54) is 18.9 Å². The molecule has 5 aromatic heterocycles. The van der Waals surface area contributed by atoms with E-state index in [9.17, 15) is 4.39 Å². The van der Waals surface area contributed by atoms with E-state index in [1.807, 2.05) is 30.3 Å². The Labute approximate surface area is 228 Å². The van der Waals surface area contributed by atoms with Crippen LogP contribution < -0.4 is 5.32 Å². The highest BCUT2D eigenvalue weighted by atomic mass is 32.1. The number of pyridine rings is 3. The third-order valence-corrected chi connectivity index (χ3v) is 7.80. The standard InChI is InChI=1S/C30H24FN7S/c31-22-8-4-3-7-20(22)27-21-14-26(35-24(21)11-12-33-27)29-28-25(37-38-29)10-9-23(36-28)18-13-19(16-32-15-18)34-30(39)17-5-1-2-6-17/h3-4,7-17,35H,1-2,5-6H2,(H,34,39)(H,37,38). The molecule has 9 heteroatoms. The molecule has 39 heavy (non-hydrogen) atoms. The number of rotatable bonds is 5. The molecule has 1 aromatic carbocycles. The first-order valence-electron chi connectivity index (χ1n) is 13.0. The van der Waals surface area contributed by atoms with Crippen LogP contribution in [-0.2, 0) is 0 Å². The lowest BCUT2D eigenvalue weighted by Gasteiger charge is -2.14. The summed E-state index contributed by atoms with van der Waals surface area (Å²) in [4.78, 5) is 18.2. The van der Waals surface area contributed by atoms with E-state index in [0.29, 0.717) is 22.9 Å². The Morgan fingerprint density at radius 2 is 1.85 bits per heavy atom. The fraction of sp³-hybridized carbons (Fsp3) is 0.167. The van der Waals surface area contributed by atoms with Gasteiger partial charge in [0.25, 0.3) is 0 Å². The molecule has 0 aliphatic heterocycles. The molecular weight excluding hydrogens is 509 g/mol. The van der Waals surface area contributed by atoms with Crippen LogP contribution in [0, 0.1) is 11.7 Å². The van der Waals surface area contributed by atoms with Gasteiger partial charge in [0, 0.05) is 40.3 Å². The van der Waals surface area contributed by atoms with Crippen molar-refractivity contribution in [3.63, 3.8) is 0 Å². The van der Waals surface area contributed by atoms with Crippen LogP contribution in [0.1, 0.15) is 25.7 Å². The second kappa shape index (κ2) is 9.67. The molecule has 5 heterocycles. The van der Waals surface area contributed by atoms with Gasteiger partial charge in [-0.1, -0.05) is 37.2 Å². The number of nitrogens with zero attached hydrogens (tertiary/aromatic N) is 4. The van der Waals surface area contributed by atoms with Gasteiger partial charge >= 0.3 is 0 Å². The molecule has 1 aliphatic carbocycles. The van der Waals surface area contributed by atoms with Crippen LogP contribution in [0.15, 0.2) is 73.2 Å². The molecule has 3 N–H and O–H groups in total. The summed E-state index contributed by atoms with van der Waals surface area (Å²) in [5.41, 5.74) is 7.36. The molecule has 0 atom stereocenters. The van der Waals surface area contributed by atoms with Gasteiger partial charge in [-0.15, -0.1) is 0 Å². The number of aromatic amines is 2. The molecule has 7 nitrogen and oxygen atoms in total. The van der Waals surface area contributed by atoms with Gasteiger partial charge in [0.1, 0.15) is 17.0 Å². The fourth-order valence-corrected chi connectivity index (χ4v) is 5.73. The summed E-state index contributed by atoms with van der Waals surface area (Å²) in [6, 6.07) is 16.4. The molecule has 192 valence electrons. The molecule has 0 unspecified atom stereocenters. The summed E-state index contributed by atoms with van der Waals surface area (Å²) in [6.45, 7) is 0. The van der Waals surface area contributed by atoms with Gasteiger partial charge in [0.2, 0.25) is 0 Å². The SMILES string of the molecule is Fc1ccccc1-c1nccc2[nH]c(-c3n[nH]c4ccc(-c5cncc(NC(=S)C6CCCC6)c5)nc34)cc12. The first kappa shape index (κ1) is 23.6. The molecule has 1 fully saturated rings. The minimum atomic E-state index is -0.314. The van der Waals surface area contributed by atoms with Crippen LogP contribution >= 0.6 is 12.2 Å². The van der Waals surface area contributed by atoms with Crippen molar-refractivity contribution in [2.75, 3.05) is 5.32 Å². The van der Waals surface area contributed by atoms with Crippen LogP contribution in [-0.4, -0.2) is 35.1 Å². The van der Waals surface area contributed by atoms with Gasteiger partial charge in [0.05, 0.1) is 39.5 Å². The monoisotopic (exact) mass is 533 g/mol. The van der Waals surface area contributed by atoms with E-state index in [4.69, 9.17) is 17.2 Å². The Morgan fingerprint density at radius 3 is 2.72 bits per heavy atom. The number of thiocarbonyl (C=S) groups is 1. The molecule has 0 radical (unpaired) electrons. The molecule has 6 aromatic rings. The highest BCUT2D eigenvalue weighted by Crippen LogP contribution is 2.34. The van der Waals surface area contributed by atoms with Gasteiger partial charge in [-0.2, -0.15) is 5.10 Å². The molecule has 0 saturated heterocycles. The maximum Gasteiger partial charge on any atom is 0.135 e. The van der Waals surface area contributed by atoms with Crippen molar-refractivity contribution in [1.29, 1.82) is 0 Å². The largest absolute Gasteiger partial charge is 0.353 e. The van der Waals surface area contributed by atoms with E-state index >= 15 is 0 Å². The Balaban J connectivity index is 1.25. The molecule has 0 bridgehead atoms. The van der Waals surface area contributed by atoms with Gasteiger partial charge in [0.15, 0.2) is 0 Å². The predicted molar refractivity (Wildman–Crippen MR) is 156 cm³/mol. The number of hydrogen-bond acceptors (Lipinski definition) is 5. The maximum absolute atomic E-state index is 14.6. The number of nitrogens with one attached hydrogen (secondary N) is 3. The van der Waals surface area contributed by atoms with Crippen LogP contribution in [0.5, 0.6) is 0 Å². The molecule has 1 aliphatic rings. The lowest BCUT2D eigenvalue weighted by Crippen LogP contribution is -2.18. The fourth-order valence-electron chi connectivity index (χ4n) is 5.38. The van der Waals surface area contributed by atoms with Crippen molar-refractivity contribution in [3.8, 4) is 33.9 Å². The van der Waals surface area contributed by atoms with Crippen molar-refractivity contribution in [2.45, 2.75) is 25.7 Å². The van der Waals surface area contributed by atoms with Crippen molar-refractivity contribution >= 4 is 44.8 Å². The third kappa shape index (κ3) is 4.34. The van der Waals surface area contributed by atoms with Crippen LogP contribution in [0.4, 0.5) is 10.1 Å². The zero-order chi connectivity index (χ0) is 26.3. The average molecular weight is 534 g/mol. The minimum absolute atomic E-state index is 0.314. The number of aromatic nitrogens is 6. The number of anilines is 1. The van der Waals surface area contributed by atoms with Gasteiger partial charge in [-0.05, 0) is 55.3 Å². The summed E-state index contributed by atoms with van der Waals surface area (Å²) < 4.78 is 14.6. The van der Waals surface area contributed by atoms with Crippen molar-refractivity contribution < 1.29 is 4.39 Å². The number of fused-ring (bicyclic) bond motifs is 2. The Kier molecular flexibility index (Phi) is 5.85. The van der Waals surface area contributed by atoms with Crippen molar-refractivity contribution in [1.82, 2.24) is 30.1 Å². The van der Waals surface area contributed by atoms with Crippen molar-refractivity contribution in [3.05, 3.63) is 79.0 Å². The number of benzene rings is 1. The summed E-state index contributed by atoms with van der Waals surface area (Å²) in [7, 11) is 0. The Bertz CT molecular complexity index is 1850. The van der Waals surface area contributed by atoms with E-state index in [0.717, 1.165) is 62.4 Å². The molecule has 0 amide bonds. The lowest BCUT2D eigenvalue weighted by atomic mass is 10.1. The Morgan fingerprint density at radius 1 is 0.974 bits per heavy atom. The highest BCUT2D eigenvalue weighted by Gasteiger charge is 2.20. The zero-order valence-electron chi connectivity index (χ0n) is 20.9. The lowest BCUT2D eigenvalue weighted by molar-refractivity contribution is 0.631. The first-order chi connectivity index (χ1) is 19.1. The number of hydrogen-bond donors (Lipinski definition) is 3. The zero-order valence-corrected chi connectivity index (χ0v) is 21.7. The first-order valence-corrected chi connectivity index (χ1v) is 13.4. The normalized spacial score (nSPS) is 13.9. The van der Waals surface area contributed by atoms with Gasteiger partial charge in [-0.25, -0.2) is 9.37 Å². The average Bonchev–Trinajstić information content (AvgIpc) is 3.73. The highest BCUT2D eigenvalue weighted by molar-refractivity contribution is 7.80. The van der Waals surface area contributed by atoms with Crippen molar-refractivity contribution in [2.24, 2.45) is 5.92 Å². The summed E-state index contributed by atoms with van der Waals surface area (Å²) >= 11 is 5.66. The van der Waals surface area contributed by atoms with E-state index in [2.05, 4.69) is 30.5 Å². The van der Waals surface area contributed by atoms with Crippen LogP contribution in [0.25, 0.3) is 55.8 Å². The van der Waals surface area contributed by atoms with Crippen LogP contribution in [0.3, 0.4) is 0 Å². The Hall–Kier alpha value is -4.50. The summed E-state index contributed by atoms with van der Waals surface area (Å²) in [5, 5.41) is 11.8. The number of H-pyrrole nitrogens is 2. The molecule has 0 spiro atoms. The summed E-state index contributed by atoms with van der Waals surface area (Å²) in [5.74, 6) is 0.128. The smallest absolute Gasteiger partial charge is 0.135 e. The summed E-state index contributed by atoms with van der Waals surface area (Å²) in [6.07, 6.45) is 10.0. The van der Waals surface area contributed by atoms with E-state index in [-0.39, 0.29) is 5.82 Å². The minimum Gasteiger partial charge on any atom is -0.353 e. The topological polar surface area (TPSA) is 95.2 Å². The second-order valence-electron chi connectivity index (χ2n) is 9.88. The maximum atomic E-state index is 14.6. The van der Waals surface area contributed by atoms with Crippen LogP contribution in [0.2, 0.25) is 0 Å². The molecule has 7 rings (SSSR count). The third-order valence-electron chi connectivity index (χ3n) is 7.37. The van der Waals surface area contributed by atoms with Gasteiger partial charge < -0.3 is 10.3 Å². The predicted octanol–water partition coefficient (Wildman–Crippen LogP) is 7.30. The molecule has 1 saturated carbocycles.